The van der Waals surface area contributed by atoms with Crippen LogP contribution >= 0.6 is 22.7 Å². The van der Waals surface area contributed by atoms with Crippen molar-refractivity contribution in [1.82, 2.24) is 4.98 Å². The van der Waals surface area contributed by atoms with E-state index in [9.17, 15) is 13.2 Å². The van der Waals surface area contributed by atoms with E-state index >= 15 is 0 Å². The van der Waals surface area contributed by atoms with Gasteiger partial charge in [0.05, 0.1) is 10.6 Å². The van der Waals surface area contributed by atoms with Crippen molar-refractivity contribution >= 4 is 44.3 Å². The Bertz CT molecular complexity index is 946. The summed E-state index contributed by atoms with van der Waals surface area (Å²) in [5.74, 6) is -0.550. The van der Waals surface area contributed by atoms with Gasteiger partial charge in [0.2, 0.25) is 10.0 Å². The maximum absolute atomic E-state index is 12.2. The van der Waals surface area contributed by atoms with Gasteiger partial charge in [0.1, 0.15) is 10.7 Å². The highest BCUT2D eigenvalue weighted by atomic mass is 32.2. The quantitative estimate of drug-likeness (QED) is 0.711. The van der Waals surface area contributed by atoms with E-state index in [4.69, 9.17) is 5.14 Å². The molecule has 0 saturated carbocycles. The molecule has 6 nitrogen and oxygen atoms in total. The molecule has 0 spiro atoms. The van der Waals surface area contributed by atoms with E-state index in [0.29, 0.717) is 16.9 Å². The van der Waals surface area contributed by atoms with Gasteiger partial charge in [-0.25, -0.2) is 18.5 Å². The first kappa shape index (κ1) is 16.8. The molecule has 0 aliphatic heterocycles. The maximum atomic E-state index is 12.2. The molecule has 0 unspecified atom stereocenters. The molecular weight excluding hydrogens is 366 g/mol. The van der Waals surface area contributed by atoms with Crippen molar-refractivity contribution in [2.75, 3.05) is 5.32 Å². The van der Waals surface area contributed by atoms with Gasteiger partial charge in [-0.1, -0.05) is 18.2 Å². The number of thiazole rings is 1. The predicted molar refractivity (Wildman–Crippen MR) is 96.6 cm³/mol. The molecule has 9 heteroatoms. The molecule has 2 heterocycles. The predicted octanol–water partition coefficient (Wildman–Crippen LogP) is 2.91. The van der Waals surface area contributed by atoms with E-state index in [2.05, 4.69) is 10.3 Å². The number of benzene rings is 1. The molecule has 0 aliphatic carbocycles. The number of hydrogen-bond acceptors (Lipinski definition) is 6. The lowest BCUT2D eigenvalue weighted by Gasteiger charge is -2.04. The van der Waals surface area contributed by atoms with Crippen LogP contribution in [0.3, 0.4) is 0 Å². The summed E-state index contributed by atoms with van der Waals surface area (Å²) in [6.45, 7) is 0. The molecular formula is C15H13N3O3S3. The van der Waals surface area contributed by atoms with Crippen molar-refractivity contribution in [2.24, 2.45) is 5.14 Å². The standard InChI is InChI=1S/C15H13N3O3S3/c16-24(20,21)9-10-3-5-11(6-4-10)17-14(19)12-8-23-15(18-12)13-2-1-7-22-13/h1-8H,9H2,(H,17,19)(H2,16,20,21). The summed E-state index contributed by atoms with van der Waals surface area (Å²) >= 11 is 2.98. The summed E-state index contributed by atoms with van der Waals surface area (Å²) in [6.07, 6.45) is 0. The van der Waals surface area contributed by atoms with Gasteiger partial charge in [0, 0.05) is 11.1 Å². The number of hydrogen-bond donors (Lipinski definition) is 2. The number of nitrogens with one attached hydrogen (secondary N) is 1. The molecule has 3 N–H and O–H groups in total. The molecule has 0 radical (unpaired) electrons. The van der Waals surface area contributed by atoms with Crippen molar-refractivity contribution in [1.29, 1.82) is 0 Å². The minimum Gasteiger partial charge on any atom is -0.321 e. The van der Waals surface area contributed by atoms with Gasteiger partial charge in [-0.05, 0) is 29.1 Å². The lowest BCUT2D eigenvalue weighted by molar-refractivity contribution is 0.102. The fourth-order valence-electron chi connectivity index (χ4n) is 2.00. The number of carbonyl (C=O) groups is 1. The normalized spacial score (nSPS) is 11.4. The number of nitrogens with zero attached hydrogens (tertiary/aromatic N) is 1. The molecule has 1 amide bonds. The lowest BCUT2D eigenvalue weighted by Crippen LogP contribution is -2.15. The van der Waals surface area contributed by atoms with Crippen LogP contribution < -0.4 is 10.5 Å². The molecule has 24 heavy (non-hydrogen) atoms. The molecule has 0 bridgehead atoms. The number of sulfonamides is 1. The molecule has 0 atom stereocenters. The first-order valence-corrected chi connectivity index (χ1v) is 10.3. The molecule has 0 fully saturated rings. The molecule has 3 rings (SSSR count). The van der Waals surface area contributed by atoms with Crippen molar-refractivity contribution in [3.63, 3.8) is 0 Å². The summed E-state index contributed by atoms with van der Waals surface area (Å²) in [7, 11) is -3.57. The molecule has 3 aromatic rings. The highest BCUT2D eigenvalue weighted by Gasteiger charge is 2.13. The Morgan fingerprint density at radius 1 is 1.17 bits per heavy atom. The fourth-order valence-corrected chi connectivity index (χ4v) is 4.27. The second-order valence-corrected chi connectivity index (χ2v) is 8.39. The summed E-state index contributed by atoms with van der Waals surface area (Å²) < 4.78 is 22.1. The number of rotatable bonds is 5. The lowest BCUT2D eigenvalue weighted by atomic mass is 10.2. The fraction of sp³-hybridized carbons (Fsp3) is 0.0667. The van der Waals surface area contributed by atoms with E-state index in [0.717, 1.165) is 9.88 Å². The molecule has 0 saturated heterocycles. The Hall–Kier alpha value is -2.07. The van der Waals surface area contributed by atoms with Crippen LogP contribution in [0.1, 0.15) is 16.1 Å². The number of amides is 1. The average molecular weight is 379 g/mol. The largest absolute Gasteiger partial charge is 0.321 e. The summed E-state index contributed by atoms with van der Waals surface area (Å²) in [6, 6.07) is 10.4. The van der Waals surface area contributed by atoms with Gasteiger partial charge in [0.25, 0.3) is 5.91 Å². The monoisotopic (exact) mass is 379 g/mol. The van der Waals surface area contributed by atoms with Crippen LogP contribution in [0.15, 0.2) is 47.2 Å². The van der Waals surface area contributed by atoms with Crippen molar-refractivity contribution in [3.8, 4) is 9.88 Å². The molecule has 0 aliphatic rings. The Kier molecular flexibility index (Phi) is 4.76. The van der Waals surface area contributed by atoms with Crippen LogP contribution in [0.2, 0.25) is 0 Å². The zero-order valence-electron chi connectivity index (χ0n) is 12.3. The zero-order valence-corrected chi connectivity index (χ0v) is 14.7. The second kappa shape index (κ2) is 6.81. The SMILES string of the molecule is NS(=O)(=O)Cc1ccc(NC(=O)c2csc(-c3cccs3)n2)cc1. The van der Waals surface area contributed by atoms with Crippen molar-refractivity contribution < 1.29 is 13.2 Å². The van der Waals surface area contributed by atoms with E-state index in [1.54, 1.807) is 41.0 Å². The molecule has 2 aromatic heterocycles. The van der Waals surface area contributed by atoms with Gasteiger partial charge < -0.3 is 5.32 Å². The van der Waals surface area contributed by atoms with E-state index < -0.39 is 10.0 Å². The topological polar surface area (TPSA) is 102 Å². The zero-order chi connectivity index (χ0) is 17.2. The Balaban J connectivity index is 1.69. The van der Waals surface area contributed by atoms with E-state index in [1.807, 2.05) is 17.5 Å². The van der Waals surface area contributed by atoms with Gasteiger partial charge in [-0.2, -0.15) is 0 Å². The third kappa shape index (κ3) is 4.26. The van der Waals surface area contributed by atoms with Crippen LogP contribution in [0.5, 0.6) is 0 Å². The first-order valence-electron chi connectivity index (χ1n) is 6.81. The van der Waals surface area contributed by atoms with Crippen LogP contribution in [0.25, 0.3) is 9.88 Å². The number of anilines is 1. The summed E-state index contributed by atoms with van der Waals surface area (Å²) in [4.78, 5) is 17.6. The highest BCUT2D eigenvalue weighted by molar-refractivity contribution is 7.88. The molecule has 1 aromatic carbocycles. The Morgan fingerprint density at radius 2 is 1.92 bits per heavy atom. The number of primary sulfonamides is 1. The van der Waals surface area contributed by atoms with Gasteiger partial charge >= 0.3 is 0 Å². The van der Waals surface area contributed by atoms with Crippen molar-refractivity contribution in [3.05, 3.63) is 58.4 Å². The van der Waals surface area contributed by atoms with Crippen molar-refractivity contribution in [2.45, 2.75) is 5.75 Å². The first-order chi connectivity index (χ1) is 11.4. The van der Waals surface area contributed by atoms with Crippen LogP contribution in [0.4, 0.5) is 5.69 Å². The third-order valence-corrected chi connectivity index (χ3v) is 5.67. The Morgan fingerprint density at radius 3 is 2.54 bits per heavy atom. The number of carbonyl (C=O) groups excluding carboxylic acids is 1. The maximum Gasteiger partial charge on any atom is 0.275 e. The Labute approximate surface area is 147 Å². The third-order valence-electron chi connectivity index (χ3n) is 3.05. The van der Waals surface area contributed by atoms with E-state index in [-0.39, 0.29) is 11.7 Å². The minimum atomic E-state index is -3.57. The van der Waals surface area contributed by atoms with Crippen LogP contribution in [-0.2, 0) is 15.8 Å². The summed E-state index contributed by atoms with van der Waals surface area (Å²) in [5.41, 5.74) is 1.46. The average Bonchev–Trinajstić information content (AvgIpc) is 3.18. The van der Waals surface area contributed by atoms with Gasteiger partial charge in [0.15, 0.2) is 0 Å². The van der Waals surface area contributed by atoms with Gasteiger partial charge in [-0.3, -0.25) is 4.79 Å². The van der Waals surface area contributed by atoms with E-state index in [1.165, 1.54) is 11.3 Å². The number of nitrogens with two attached hydrogens (primary N) is 1. The second-order valence-electron chi connectivity index (χ2n) is 4.97. The summed E-state index contributed by atoms with van der Waals surface area (Å²) in [5, 5.41) is 12.2. The smallest absolute Gasteiger partial charge is 0.275 e. The molecule has 124 valence electrons. The van der Waals surface area contributed by atoms with Crippen LogP contribution in [-0.4, -0.2) is 19.3 Å². The minimum absolute atomic E-state index is 0.239. The highest BCUT2D eigenvalue weighted by Crippen LogP contribution is 2.28. The number of thiophene rings is 1. The van der Waals surface area contributed by atoms with Crippen LogP contribution in [0, 0.1) is 0 Å². The van der Waals surface area contributed by atoms with Gasteiger partial charge in [-0.15, -0.1) is 22.7 Å². The number of aromatic nitrogens is 1.